The second kappa shape index (κ2) is 8.65. The number of carbonyl (C=O) groups is 1. The summed E-state index contributed by atoms with van der Waals surface area (Å²) in [5.74, 6) is -0.786. The van der Waals surface area contributed by atoms with Crippen LogP contribution in [0.25, 0.3) is 0 Å². The Morgan fingerprint density at radius 1 is 1.21 bits per heavy atom. The highest BCUT2D eigenvalue weighted by atomic mass is 31.2. The summed E-state index contributed by atoms with van der Waals surface area (Å²) in [6.45, 7) is 0.276. The lowest BCUT2D eigenvalue weighted by Gasteiger charge is -2.39. The molecule has 0 spiro atoms. The number of carboxylic acid groups (broad SMARTS) is 1. The molecular formula is C17H25NO5P-. The third kappa shape index (κ3) is 4.38. The summed E-state index contributed by atoms with van der Waals surface area (Å²) in [4.78, 5) is 13.0. The Labute approximate surface area is 143 Å². The van der Waals surface area contributed by atoms with Gasteiger partial charge in [-0.25, -0.2) is 0 Å². The lowest BCUT2D eigenvalue weighted by molar-refractivity contribution is -0.267. The summed E-state index contributed by atoms with van der Waals surface area (Å²) in [6.07, 6.45) is 3.94. The topological polar surface area (TPSA) is 78.9 Å². The van der Waals surface area contributed by atoms with Crippen molar-refractivity contribution in [3.05, 3.63) is 35.9 Å². The van der Waals surface area contributed by atoms with Crippen molar-refractivity contribution in [2.45, 2.75) is 37.9 Å². The Kier molecular flexibility index (Phi) is 6.84. The lowest BCUT2D eigenvalue weighted by atomic mass is 9.89. The lowest BCUT2D eigenvalue weighted by Crippen LogP contribution is -2.46. The van der Waals surface area contributed by atoms with Crippen molar-refractivity contribution in [1.29, 1.82) is 0 Å². The molecule has 1 amide bonds. The SMILES string of the molecule is COP(=O)(OC)C(c1ccccc1)N(CC1CCCCC1)C(=O)[O-]. The van der Waals surface area contributed by atoms with Crippen LogP contribution in [0, 0.1) is 5.92 Å². The molecule has 6 nitrogen and oxygen atoms in total. The predicted octanol–water partition coefficient (Wildman–Crippen LogP) is 3.40. The van der Waals surface area contributed by atoms with Crippen LogP contribution in [-0.2, 0) is 13.6 Å². The van der Waals surface area contributed by atoms with Crippen molar-refractivity contribution in [2.24, 2.45) is 5.92 Å². The van der Waals surface area contributed by atoms with E-state index >= 15 is 0 Å². The molecule has 0 aromatic heterocycles. The van der Waals surface area contributed by atoms with Crippen molar-refractivity contribution in [2.75, 3.05) is 20.8 Å². The molecule has 0 bridgehead atoms. The first-order chi connectivity index (χ1) is 11.5. The maximum atomic E-state index is 13.1. The number of carbonyl (C=O) groups excluding carboxylic acids is 1. The monoisotopic (exact) mass is 354 g/mol. The van der Waals surface area contributed by atoms with Gasteiger partial charge >= 0.3 is 7.60 Å². The molecular weight excluding hydrogens is 329 g/mol. The van der Waals surface area contributed by atoms with E-state index < -0.39 is 19.5 Å². The zero-order valence-electron chi connectivity index (χ0n) is 14.2. The molecule has 7 heteroatoms. The van der Waals surface area contributed by atoms with Gasteiger partial charge in [0.25, 0.3) is 0 Å². The molecule has 0 aliphatic heterocycles. The Morgan fingerprint density at radius 2 is 1.79 bits per heavy atom. The van der Waals surface area contributed by atoms with E-state index in [1.165, 1.54) is 20.6 Å². The summed E-state index contributed by atoms with van der Waals surface area (Å²) >= 11 is 0. The van der Waals surface area contributed by atoms with Gasteiger partial charge in [-0.2, -0.15) is 0 Å². The van der Waals surface area contributed by atoms with Crippen LogP contribution in [0.15, 0.2) is 30.3 Å². The van der Waals surface area contributed by atoms with Crippen LogP contribution >= 0.6 is 7.60 Å². The first-order valence-corrected chi connectivity index (χ1v) is 9.86. The van der Waals surface area contributed by atoms with Gasteiger partial charge < -0.3 is 23.8 Å². The molecule has 1 unspecified atom stereocenters. The summed E-state index contributed by atoms with van der Waals surface area (Å²) in [6, 6.07) is 8.81. The maximum Gasteiger partial charge on any atom is 0.356 e. The fourth-order valence-corrected chi connectivity index (χ4v) is 4.97. The van der Waals surface area contributed by atoms with E-state index in [0.29, 0.717) is 5.56 Å². The van der Waals surface area contributed by atoms with E-state index in [4.69, 9.17) is 9.05 Å². The van der Waals surface area contributed by atoms with Gasteiger partial charge in [0.1, 0.15) is 6.09 Å². The first kappa shape index (κ1) is 19.0. The molecule has 24 heavy (non-hydrogen) atoms. The van der Waals surface area contributed by atoms with Crippen molar-refractivity contribution in [3.63, 3.8) is 0 Å². The van der Waals surface area contributed by atoms with Crippen molar-refractivity contribution >= 4 is 13.7 Å². The number of hydrogen-bond donors (Lipinski definition) is 0. The fraction of sp³-hybridized carbons (Fsp3) is 0.588. The van der Waals surface area contributed by atoms with Gasteiger partial charge in [0.2, 0.25) is 0 Å². The molecule has 0 heterocycles. The third-order valence-corrected chi connectivity index (χ3v) is 6.81. The Bertz CT molecular complexity index is 566. The molecule has 1 fully saturated rings. The minimum atomic E-state index is -3.69. The van der Waals surface area contributed by atoms with Crippen molar-refractivity contribution in [3.8, 4) is 0 Å². The van der Waals surface area contributed by atoms with Crippen LogP contribution in [0.1, 0.15) is 43.5 Å². The zero-order chi connectivity index (χ0) is 17.6. The van der Waals surface area contributed by atoms with E-state index in [2.05, 4.69) is 0 Å². The highest BCUT2D eigenvalue weighted by Gasteiger charge is 2.41. The molecule has 1 atom stereocenters. The van der Waals surface area contributed by atoms with E-state index in [0.717, 1.165) is 30.6 Å². The number of rotatable bonds is 7. The summed E-state index contributed by atoms with van der Waals surface area (Å²) in [5, 5.41) is 11.8. The smallest absolute Gasteiger partial charge is 0.356 e. The van der Waals surface area contributed by atoms with Gasteiger partial charge in [-0.15, -0.1) is 0 Å². The first-order valence-electron chi connectivity index (χ1n) is 8.25. The van der Waals surface area contributed by atoms with Gasteiger partial charge in [-0.3, -0.25) is 4.57 Å². The van der Waals surface area contributed by atoms with Crippen LogP contribution < -0.4 is 5.11 Å². The molecule has 1 saturated carbocycles. The number of hydrogen-bond acceptors (Lipinski definition) is 5. The van der Waals surface area contributed by atoms with Gasteiger partial charge in [0, 0.05) is 20.8 Å². The molecule has 1 aromatic carbocycles. The number of benzene rings is 1. The average molecular weight is 354 g/mol. The maximum absolute atomic E-state index is 13.1. The quantitative estimate of drug-likeness (QED) is 0.701. The molecule has 0 radical (unpaired) electrons. The predicted molar refractivity (Wildman–Crippen MR) is 89.5 cm³/mol. The Balaban J connectivity index is 2.37. The highest BCUT2D eigenvalue weighted by molar-refractivity contribution is 7.54. The van der Waals surface area contributed by atoms with Crippen LogP contribution in [0.4, 0.5) is 4.79 Å². The number of nitrogens with zero attached hydrogens (tertiary/aromatic N) is 1. The van der Waals surface area contributed by atoms with Gasteiger partial charge in [0.15, 0.2) is 5.78 Å². The van der Waals surface area contributed by atoms with E-state index in [9.17, 15) is 14.5 Å². The summed E-state index contributed by atoms with van der Waals surface area (Å²) < 4.78 is 23.3. The zero-order valence-corrected chi connectivity index (χ0v) is 15.1. The largest absolute Gasteiger partial charge is 0.530 e. The van der Waals surface area contributed by atoms with Gasteiger partial charge in [-0.1, -0.05) is 49.6 Å². The van der Waals surface area contributed by atoms with Gasteiger partial charge in [-0.05, 0) is 24.3 Å². The molecule has 2 rings (SSSR count). The second-order valence-electron chi connectivity index (χ2n) is 6.11. The highest BCUT2D eigenvalue weighted by Crippen LogP contribution is 2.61. The van der Waals surface area contributed by atoms with Crippen molar-refractivity contribution in [1.82, 2.24) is 4.90 Å². The molecule has 1 aliphatic rings. The van der Waals surface area contributed by atoms with Gasteiger partial charge in [0.05, 0.1) is 0 Å². The normalized spacial score (nSPS) is 17.4. The van der Waals surface area contributed by atoms with Crippen molar-refractivity contribution < 1.29 is 23.5 Å². The summed E-state index contributed by atoms with van der Waals surface area (Å²) in [7, 11) is -1.14. The standard InChI is InChI=1S/C17H26NO5P/c1-22-24(21,23-2)16(15-11-7-4-8-12-15)18(17(19)20)13-14-9-5-3-6-10-14/h4,7-8,11-12,14,16H,3,5-6,9-10,13H2,1-2H3,(H,19,20)/p-1. The second-order valence-corrected chi connectivity index (χ2v) is 8.41. The average Bonchev–Trinajstić information content (AvgIpc) is 2.62. The molecule has 134 valence electrons. The Morgan fingerprint density at radius 3 is 2.29 bits per heavy atom. The fourth-order valence-electron chi connectivity index (χ4n) is 3.35. The van der Waals surface area contributed by atoms with E-state index in [1.54, 1.807) is 24.3 Å². The van der Waals surface area contributed by atoms with Crippen LogP contribution in [0.3, 0.4) is 0 Å². The minimum absolute atomic E-state index is 0.241. The molecule has 1 aliphatic carbocycles. The third-order valence-electron chi connectivity index (χ3n) is 4.62. The molecule has 0 N–H and O–H groups in total. The minimum Gasteiger partial charge on any atom is -0.530 e. The van der Waals surface area contributed by atoms with Crippen LogP contribution in [0.5, 0.6) is 0 Å². The van der Waals surface area contributed by atoms with E-state index in [1.807, 2.05) is 6.07 Å². The Hall–Kier alpha value is -1.36. The summed E-state index contributed by atoms with van der Waals surface area (Å²) in [5.41, 5.74) is 0.574. The number of amides is 1. The van der Waals surface area contributed by atoms with Crippen LogP contribution in [-0.4, -0.2) is 31.8 Å². The molecule has 1 aromatic rings. The van der Waals surface area contributed by atoms with E-state index in [-0.39, 0.29) is 12.5 Å². The molecule has 0 saturated heterocycles. The van der Waals surface area contributed by atoms with Crippen LogP contribution in [0.2, 0.25) is 0 Å².